The van der Waals surface area contributed by atoms with Gasteiger partial charge in [0.25, 0.3) is 11.8 Å². The van der Waals surface area contributed by atoms with Crippen molar-refractivity contribution in [2.24, 2.45) is 5.73 Å². The zero-order chi connectivity index (χ0) is 17.2. The van der Waals surface area contributed by atoms with Crippen LogP contribution in [0.15, 0.2) is 24.3 Å². The zero-order valence-electron chi connectivity index (χ0n) is 13.2. The SMILES string of the molecule is CCSCC[C@@H](N)[C@@H](O)C(=O)NNC(=O)c1cccc(OC)c1. The molecule has 0 heterocycles. The average Bonchev–Trinajstić information content (AvgIpc) is 2.58. The highest BCUT2D eigenvalue weighted by Crippen LogP contribution is 2.12. The van der Waals surface area contributed by atoms with Crippen LogP contribution >= 0.6 is 11.8 Å². The second-order valence-corrected chi connectivity index (χ2v) is 6.16. The van der Waals surface area contributed by atoms with Gasteiger partial charge in [-0.3, -0.25) is 20.4 Å². The number of hydrogen-bond donors (Lipinski definition) is 4. The van der Waals surface area contributed by atoms with Crippen LogP contribution in [-0.2, 0) is 4.79 Å². The molecule has 7 nitrogen and oxygen atoms in total. The maximum atomic E-state index is 11.9. The Morgan fingerprint density at radius 1 is 1.39 bits per heavy atom. The molecule has 0 saturated carbocycles. The first-order valence-corrected chi connectivity index (χ1v) is 8.40. The molecule has 0 aliphatic rings. The molecule has 128 valence electrons. The van der Waals surface area contributed by atoms with Gasteiger partial charge in [-0.1, -0.05) is 13.0 Å². The molecule has 0 aromatic heterocycles. The maximum absolute atomic E-state index is 11.9. The summed E-state index contributed by atoms with van der Waals surface area (Å²) in [5.74, 6) is 0.985. The number of carbonyl (C=O) groups is 2. The second-order valence-electron chi connectivity index (χ2n) is 4.77. The molecule has 23 heavy (non-hydrogen) atoms. The van der Waals surface area contributed by atoms with Crippen molar-refractivity contribution in [1.82, 2.24) is 10.9 Å². The molecule has 1 aromatic carbocycles. The molecule has 2 amide bonds. The highest BCUT2D eigenvalue weighted by atomic mass is 32.2. The van der Waals surface area contributed by atoms with E-state index in [0.717, 1.165) is 11.5 Å². The van der Waals surface area contributed by atoms with Crippen molar-refractivity contribution in [1.29, 1.82) is 0 Å². The Bertz CT molecular complexity index is 527. The molecule has 0 fully saturated rings. The van der Waals surface area contributed by atoms with Gasteiger partial charge in [-0.2, -0.15) is 11.8 Å². The van der Waals surface area contributed by atoms with Crippen molar-refractivity contribution in [2.45, 2.75) is 25.5 Å². The fraction of sp³-hybridized carbons (Fsp3) is 0.467. The van der Waals surface area contributed by atoms with Crippen molar-refractivity contribution in [3.05, 3.63) is 29.8 Å². The summed E-state index contributed by atoms with van der Waals surface area (Å²) in [6, 6.07) is 5.79. The smallest absolute Gasteiger partial charge is 0.269 e. The van der Waals surface area contributed by atoms with Gasteiger partial charge in [0.2, 0.25) is 0 Å². The Kier molecular flexibility index (Phi) is 8.46. The van der Waals surface area contributed by atoms with E-state index in [1.807, 2.05) is 6.92 Å². The molecule has 0 radical (unpaired) electrons. The summed E-state index contributed by atoms with van der Waals surface area (Å²) in [4.78, 5) is 23.7. The number of nitrogens with two attached hydrogens (primary N) is 1. The summed E-state index contributed by atoms with van der Waals surface area (Å²) < 4.78 is 5.02. The van der Waals surface area contributed by atoms with Crippen molar-refractivity contribution < 1.29 is 19.4 Å². The van der Waals surface area contributed by atoms with Crippen LogP contribution in [0.1, 0.15) is 23.7 Å². The minimum Gasteiger partial charge on any atom is -0.497 e. The van der Waals surface area contributed by atoms with Crippen LogP contribution in [0.2, 0.25) is 0 Å². The third-order valence-corrected chi connectivity index (χ3v) is 4.04. The normalized spacial score (nSPS) is 13.0. The van der Waals surface area contributed by atoms with E-state index in [2.05, 4.69) is 10.9 Å². The lowest BCUT2D eigenvalue weighted by Crippen LogP contribution is -2.52. The molecule has 2 atom stereocenters. The number of hydrogen-bond acceptors (Lipinski definition) is 6. The molecule has 0 saturated heterocycles. The van der Waals surface area contributed by atoms with Gasteiger partial charge < -0.3 is 15.6 Å². The summed E-state index contributed by atoms with van der Waals surface area (Å²) in [7, 11) is 1.49. The first-order chi connectivity index (χ1) is 11.0. The molecular weight excluding hydrogens is 318 g/mol. The predicted molar refractivity (Wildman–Crippen MR) is 90.2 cm³/mol. The van der Waals surface area contributed by atoms with E-state index in [1.54, 1.807) is 30.0 Å². The van der Waals surface area contributed by atoms with Crippen LogP contribution in [0.3, 0.4) is 0 Å². The van der Waals surface area contributed by atoms with Crippen molar-refractivity contribution in [3.8, 4) is 5.75 Å². The molecule has 0 spiro atoms. The molecule has 8 heteroatoms. The minimum atomic E-state index is -1.38. The number of aliphatic hydroxyl groups is 1. The Balaban J connectivity index is 2.46. The number of hydrazine groups is 1. The number of methoxy groups -OCH3 is 1. The average molecular weight is 341 g/mol. The van der Waals surface area contributed by atoms with Gasteiger partial charge in [-0.15, -0.1) is 0 Å². The highest BCUT2D eigenvalue weighted by Gasteiger charge is 2.23. The fourth-order valence-corrected chi connectivity index (χ4v) is 2.47. The van der Waals surface area contributed by atoms with Gasteiger partial charge in [0.15, 0.2) is 0 Å². The maximum Gasteiger partial charge on any atom is 0.269 e. The Morgan fingerprint density at radius 3 is 2.78 bits per heavy atom. The number of carbonyl (C=O) groups excluding carboxylic acids is 2. The summed E-state index contributed by atoms with van der Waals surface area (Å²) in [5.41, 5.74) is 10.5. The zero-order valence-corrected chi connectivity index (χ0v) is 14.1. The topological polar surface area (TPSA) is 114 Å². The lowest BCUT2D eigenvalue weighted by Gasteiger charge is -2.18. The van der Waals surface area contributed by atoms with Gasteiger partial charge in [-0.25, -0.2) is 0 Å². The number of nitrogens with one attached hydrogen (secondary N) is 2. The molecule has 0 aliphatic carbocycles. The van der Waals surface area contributed by atoms with Gasteiger partial charge in [0, 0.05) is 11.6 Å². The minimum absolute atomic E-state index is 0.322. The van der Waals surface area contributed by atoms with E-state index in [9.17, 15) is 14.7 Å². The lowest BCUT2D eigenvalue weighted by molar-refractivity contribution is -0.131. The Hall–Kier alpha value is -1.77. The van der Waals surface area contributed by atoms with Crippen molar-refractivity contribution >= 4 is 23.6 Å². The molecule has 0 bridgehead atoms. The van der Waals surface area contributed by atoms with E-state index >= 15 is 0 Å². The van der Waals surface area contributed by atoms with Gasteiger partial charge in [-0.05, 0) is 36.1 Å². The standard InChI is InChI=1S/C15H23N3O4S/c1-3-23-8-7-12(16)13(19)15(21)18-17-14(20)10-5-4-6-11(9-10)22-2/h4-6,9,12-13,19H,3,7-8,16H2,1-2H3,(H,17,20)(H,18,21)/t12-,13-/m1/s1. The van der Waals surface area contributed by atoms with Crippen LogP contribution in [0.4, 0.5) is 0 Å². The predicted octanol–water partition coefficient (Wildman–Crippen LogP) is 0.288. The van der Waals surface area contributed by atoms with Gasteiger partial charge in [0.1, 0.15) is 11.9 Å². The lowest BCUT2D eigenvalue weighted by atomic mass is 10.1. The van der Waals surface area contributed by atoms with E-state index < -0.39 is 24.0 Å². The van der Waals surface area contributed by atoms with E-state index in [1.165, 1.54) is 13.2 Å². The fourth-order valence-electron chi connectivity index (χ4n) is 1.74. The third kappa shape index (κ3) is 6.47. The third-order valence-electron chi connectivity index (χ3n) is 3.10. The quantitative estimate of drug-likeness (QED) is 0.399. The van der Waals surface area contributed by atoms with Crippen molar-refractivity contribution in [2.75, 3.05) is 18.6 Å². The number of benzene rings is 1. The van der Waals surface area contributed by atoms with E-state index in [4.69, 9.17) is 10.5 Å². The van der Waals surface area contributed by atoms with Crippen LogP contribution in [0.25, 0.3) is 0 Å². The first kappa shape index (κ1) is 19.3. The van der Waals surface area contributed by atoms with Crippen LogP contribution in [0.5, 0.6) is 5.75 Å². The Morgan fingerprint density at radius 2 is 2.13 bits per heavy atom. The monoisotopic (exact) mass is 341 g/mol. The molecule has 1 aromatic rings. The van der Waals surface area contributed by atoms with Gasteiger partial charge >= 0.3 is 0 Å². The van der Waals surface area contributed by atoms with Crippen molar-refractivity contribution in [3.63, 3.8) is 0 Å². The molecule has 5 N–H and O–H groups in total. The summed E-state index contributed by atoms with van der Waals surface area (Å²) in [5, 5.41) is 9.83. The number of thioether (sulfide) groups is 1. The summed E-state index contributed by atoms with van der Waals surface area (Å²) >= 11 is 1.68. The van der Waals surface area contributed by atoms with E-state index in [0.29, 0.717) is 17.7 Å². The molecule has 1 rings (SSSR count). The first-order valence-electron chi connectivity index (χ1n) is 7.25. The molecule has 0 aliphatic heterocycles. The largest absolute Gasteiger partial charge is 0.497 e. The number of aliphatic hydroxyl groups excluding tert-OH is 1. The van der Waals surface area contributed by atoms with Gasteiger partial charge in [0.05, 0.1) is 7.11 Å². The summed E-state index contributed by atoms with van der Waals surface area (Å²) in [6.45, 7) is 2.02. The molecule has 0 unspecified atom stereocenters. The second kappa shape index (κ2) is 10.1. The van der Waals surface area contributed by atoms with Crippen LogP contribution in [0, 0.1) is 0 Å². The number of rotatable bonds is 8. The summed E-state index contributed by atoms with van der Waals surface area (Å²) in [6.07, 6.45) is -0.866. The number of ether oxygens (including phenoxy) is 1. The number of amides is 2. The van der Waals surface area contributed by atoms with E-state index in [-0.39, 0.29) is 0 Å². The van der Waals surface area contributed by atoms with Crippen LogP contribution < -0.4 is 21.3 Å². The highest BCUT2D eigenvalue weighted by molar-refractivity contribution is 7.99. The van der Waals surface area contributed by atoms with Crippen LogP contribution in [-0.4, -0.2) is 47.7 Å². The Labute approximate surface area is 139 Å². The molecular formula is C15H23N3O4S.